The van der Waals surface area contributed by atoms with E-state index in [-0.39, 0.29) is 11.2 Å². The maximum Gasteiger partial charge on any atom is 0.306 e. The molecule has 0 radical (unpaired) electrons. The summed E-state index contributed by atoms with van der Waals surface area (Å²) < 4.78 is 5.20. The number of rotatable bonds is 7. The Hall–Kier alpha value is -1.75. The van der Waals surface area contributed by atoms with Crippen molar-refractivity contribution < 1.29 is 9.53 Å². The molecule has 1 N–H and O–H groups in total. The van der Waals surface area contributed by atoms with Gasteiger partial charge in [-0.2, -0.15) is 12.6 Å². The van der Waals surface area contributed by atoms with E-state index in [0.29, 0.717) is 25.9 Å². The number of thiol groups is 1. The molecule has 1 aromatic heterocycles. The van der Waals surface area contributed by atoms with Crippen LogP contribution in [0.3, 0.4) is 0 Å². The molecular weight excluding hydrogens is 272 g/mol. The fraction of sp³-hybridized carbons (Fsp3) is 0.333. The van der Waals surface area contributed by atoms with Gasteiger partial charge in [0, 0.05) is 25.2 Å². The first-order valence-electron chi connectivity index (χ1n) is 6.62. The summed E-state index contributed by atoms with van der Waals surface area (Å²) >= 11 is 4.41. The summed E-state index contributed by atoms with van der Waals surface area (Å²) in [6.07, 6.45) is 5.20. The smallest absolute Gasteiger partial charge is 0.306 e. The molecule has 0 spiro atoms. The molecule has 0 amide bonds. The summed E-state index contributed by atoms with van der Waals surface area (Å²) in [5.41, 5.74) is 1.15. The fourth-order valence-electron chi connectivity index (χ4n) is 1.84. The van der Waals surface area contributed by atoms with Crippen LogP contribution in [0, 0.1) is 0 Å². The molecule has 2 aromatic rings. The van der Waals surface area contributed by atoms with E-state index >= 15 is 0 Å². The summed E-state index contributed by atoms with van der Waals surface area (Å²) in [6, 6.07) is 9.91. The minimum absolute atomic E-state index is 0.0353. The van der Waals surface area contributed by atoms with Crippen molar-refractivity contribution in [2.24, 2.45) is 0 Å². The van der Waals surface area contributed by atoms with Gasteiger partial charge in [-0.05, 0) is 12.0 Å². The van der Waals surface area contributed by atoms with Gasteiger partial charge < -0.3 is 9.72 Å². The van der Waals surface area contributed by atoms with E-state index in [4.69, 9.17) is 4.74 Å². The molecule has 20 heavy (non-hydrogen) atoms. The number of nitrogens with one attached hydrogen (secondary N) is 1. The number of benzene rings is 1. The number of H-pyrrole nitrogens is 1. The maximum atomic E-state index is 11.6. The van der Waals surface area contributed by atoms with Crippen molar-refractivity contribution in [1.29, 1.82) is 0 Å². The molecule has 106 valence electrons. The lowest BCUT2D eigenvalue weighted by atomic mass is 10.1. The number of hydrogen-bond acceptors (Lipinski definition) is 4. The van der Waals surface area contributed by atoms with Gasteiger partial charge in [0.25, 0.3) is 0 Å². The number of aromatic amines is 1. The molecule has 0 aliphatic rings. The Labute approximate surface area is 124 Å². The molecule has 0 saturated carbocycles. The summed E-state index contributed by atoms with van der Waals surface area (Å²) in [4.78, 5) is 18.7. The maximum absolute atomic E-state index is 11.6. The van der Waals surface area contributed by atoms with Gasteiger partial charge in [-0.3, -0.25) is 4.79 Å². The Kier molecular flexibility index (Phi) is 5.68. The van der Waals surface area contributed by atoms with Crippen LogP contribution in [0.15, 0.2) is 42.7 Å². The van der Waals surface area contributed by atoms with Crippen LogP contribution >= 0.6 is 12.6 Å². The molecule has 0 bridgehead atoms. The monoisotopic (exact) mass is 290 g/mol. The number of imidazole rings is 1. The molecular formula is C15H18N2O2S. The van der Waals surface area contributed by atoms with E-state index in [9.17, 15) is 4.79 Å². The van der Waals surface area contributed by atoms with E-state index < -0.39 is 0 Å². The highest BCUT2D eigenvalue weighted by atomic mass is 32.1. The Balaban J connectivity index is 1.63. The molecule has 1 aromatic carbocycles. The number of aryl methyl sites for hydroxylation is 1. The van der Waals surface area contributed by atoms with Crippen LogP contribution in [-0.2, 0) is 16.0 Å². The van der Waals surface area contributed by atoms with Crippen molar-refractivity contribution in [1.82, 2.24) is 9.97 Å². The van der Waals surface area contributed by atoms with Gasteiger partial charge in [0.2, 0.25) is 0 Å². The second-order valence-corrected chi connectivity index (χ2v) is 5.11. The minimum atomic E-state index is -0.172. The van der Waals surface area contributed by atoms with Crippen LogP contribution < -0.4 is 0 Å². The third-order valence-corrected chi connectivity index (χ3v) is 3.45. The number of esters is 1. The number of nitrogens with zero attached hydrogens (tertiary/aromatic N) is 1. The first-order chi connectivity index (χ1) is 9.75. The third-order valence-electron chi connectivity index (χ3n) is 2.95. The van der Waals surface area contributed by atoms with Crippen LogP contribution in [0.1, 0.15) is 29.5 Å². The number of ether oxygens (including phenoxy) is 1. The number of hydrogen-bond donors (Lipinski definition) is 2. The molecule has 0 saturated heterocycles. The Morgan fingerprint density at radius 1 is 1.35 bits per heavy atom. The van der Waals surface area contributed by atoms with Crippen LogP contribution in [0.25, 0.3) is 0 Å². The summed E-state index contributed by atoms with van der Waals surface area (Å²) in [5.74, 6) is 0.627. The van der Waals surface area contributed by atoms with E-state index in [1.54, 1.807) is 12.4 Å². The molecule has 0 aliphatic heterocycles. The highest BCUT2D eigenvalue weighted by Crippen LogP contribution is 2.19. The van der Waals surface area contributed by atoms with Gasteiger partial charge in [-0.1, -0.05) is 30.3 Å². The largest absolute Gasteiger partial charge is 0.466 e. The molecule has 1 unspecified atom stereocenters. The average molecular weight is 290 g/mol. The molecule has 1 atom stereocenters. The van der Waals surface area contributed by atoms with Gasteiger partial charge >= 0.3 is 5.97 Å². The van der Waals surface area contributed by atoms with Crippen molar-refractivity contribution in [3.8, 4) is 0 Å². The van der Waals surface area contributed by atoms with E-state index in [2.05, 4.69) is 22.6 Å². The highest BCUT2D eigenvalue weighted by Gasteiger charge is 2.10. The molecule has 2 rings (SSSR count). The lowest BCUT2D eigenvalue weighted by Crippen LogP contribution is -2.09. The summed E-state index contributed by atoms with van der Waals surface area (Å²) in [7, 11) is 0. The van der Waals surface area contributed by atoms with Gasteiger partial charge in [0.15, 0.2) is 0 Å². The summed E-state index contributed by atoms with van der Waals surface area (Å²) in [6.45, 7) is 0.364. The lowest BCUT2D eigenvalue weighted by molar-refractivity contribution is -0.143. The SMILES string of the molecule is O=C(CCc1ccccc1)OCCC(S)c1ncc[nH]1. The fourth-order valence-corrected chi connectivity index (χ4v) is 2.09. The molecule has 0 aliphatic carbocycles. The standard InChI is InChI=1S/C15H18N2O2S/c18-14(7-6-12-4-2-1-3-5-12)19-11-8-13(20)15-16-9-10-17-15/h1-5,9-10,13,20H,6-8,11H2,(H,16,17). The normalized spacial score (nSPS) is 12.1. The van der Waals surface area contributed by atoms with Crippen molar-refractivity contribution in [2.75, 3.05) is 6.61 Å². The van der Waals surface area contributed by atoms with Gasteiger partial charge in [0.05, 0.1) is 11.9 Å². The second-order valence-electron chi connectivity index (χ2n) is 4.48. The van der Waals surface area contributed by atoms with Gasteiger partial charge in [-0.15, -0.1) is 0 Å². The molecule has 5 heteroatoms. The van der Waals surface area contributed by atoms with E-state index in [1.165, 1.54) is 0 Å². The van der Waals surface area contributed by atoms with Crippen molar-refractivity contribution in [3.63, 3.8) is 0 Å². The van der Waals surface area contributed by atoms with Crippen LogP contribution in [0.5, 0.6) is 0 Å². The number of aromatic nitrogens is 2. The zero-order valence-electron chi connectivity index (χ0n) is 11.2. The first kappa shape index (κ1) is 14.7. The Bertz CT molecular complexity index is 514. The molecule has 4 nitrogen and oxygen atoms in total. The highest BCUT2D eigenvalue weighted by molar-refractivity contribution is 7.80. The van der Waals surface area contributed by atoms with Crippen LogP contribution in [0.4, 0.5) is 0 Å². The zero-order valence-corrected chi connectivity index (χ0v) is 12.1. The zero-order chi connectivity index (χ0) is 14.2. The topological polar surface area (TPSA) is 55.0 Å². The minimum Gasteiger partial charge on any atom is -0.466 e. The van der Waals surface area contributed by atoms with Crippen LogP contribution in [0.2, 0.25) is 0 Å². The molecule has 0 fully saturated rings. The Morgan fingerprint density at radius 3 is 2.85 bits per heavy atom. The van der Waals surface area contributed by atoms with Crippen LogP contribution in [-0.4, -0.2) is 22.5 Å². The van der Waals surface area contributed by atoms with Crippen molar-refractivity contribution in [3.05, 3.63) is 54.1 Å². The van der Waals surface area contributed by atoms with E-state index in [1.807, 2.05) is 30.3 Å². The van der Waals surface area contributed by atoms with Crippen molar-refractivity contribution >= 4 is 18.6 Å². The average Bonchev–Trinajstić information content (AvgIpc) is 3.00. The predicted octanol–water partition coefficient (Wildman–Crippen LogP) is 2.95. The molecule has 1 heterocycles. The third kappa shape index (κ3) is 4.74. The van der Waals surface area contributed by atoms with Gasteiger partial charge in [-0.25, -0.2) is 4.98 Å². The van der Waals surface area contributed by atoms with E-state index in [0.717, 1.165) is 11.4 Å². The second kappa shape index (κ2) is 7.75. The lowest BCUT2D eigenvalue weighted by Gasteiger charge is -2.08. The predicted molar refractivity (Wildman–Crippen MR) is 80.7 cm³/mol. The summed E-state index contributed by atoms with van der Waals surface area (Å²) in [5, 5.41) is -0.0353. The first-order valence-corrected chi connectivity index (χ1v) is 7.14. The van der Waals surface area contributed by atoms with Gasteiger partial charge in [0.1, 0.15) is 5.82 Å². The number of carbonyl (C=O) groups excluding carboxylic acids is 1. The van der Waals surface area contributed by atoms with Crippen molar-refractivity contribution in [2.45, 2.75) is 24.5 Å². The Morgan fingerprint density at radius 2 is 2.15 bits per heavy atom. The number of carbonyl (C=O) groups is 1. The quantitative estimate of drug-likeness (QED) is 0.609.